The van der Waals surface area contributed by atoms with Crippen molar-refractivity contribution in [1.82, 2.24) is 25.2 Å². The fraction of sp³-hybridized carbons (Fsp3) is 0.529. The van der Waals surface area contributed by atoms with Gasteiger partial charge in [0.15, 0.2) is 0 Å². The number of piperidine rings is 1. The van der Waals surface area contributed by atoms with Crippen LogP contribution in [0.25, 0.3) is 0 Å². The molecule has 10 nitrogen and oxygen atoms in total. The minimum Gasteiger partial charge on any atom is -0.479 e. The van der Waals surface area contributed by atoms with Crippen molar-refractivity contribution in [3.63, 3.8) is 0 Å². The molecule has 2 amide bonds. The summed E-state index contributed by atoms with van der Waals surface area (Å²) in [5.74, 6) is -0.0434. The Kier molecular flexibility index (Phi) is 5.75. The second-order valence-electron chi connectivity index (χ2n) is 6.26. The molecule has 146 valence electrons. The van der Waals surface area contributed by atoms with Crippen LogP contribution in [0.1, 0.15) is 23.4 Å². The number of amides is 2. The van der Waals surface area contributed by atoms with Crippen LogP contribution in [-0.2, 0) is 15.1 Å². The first-order valence-electron chi connectivity index (χ1n) is 8.68. The van der Waals surface area contributed by atoms with Gasteiger partial charge in [0.05, 0.1) is 19.8 Å². The summed E-state index contributed by atoms with van der Waals surface area (Å²) < 4.78 is 16.6. The predicted molar refractivity (Wildman–Crippen MR) is 93.3 cm³/mol. The predicted octanol–water partition coefficient (Wildman–Crippen LogP) is 0.274. The van der Waals surface area contributed by atoms with Gasteiger partial charge in [0, 0.05) is 39.1 Å². The summed E-state index contributed by atoms with van der Waals surface area (Å²) in [6.07, 6.45) is 4.28. The van der Waals surface area contributed by atoms with Gasteiger partial charge in [-0.25, -0.2) is 0 Å². The van der Waals surface area contributed by atoms with E-state index in [0.717, 1.165) is 0 Å². The molecule has 0 aliphatic carbocycles. The van der Waals surface area contributed by atoms with Crippen LogP contribution < -0.4 is 10.1 Å². The van der Waals surface area contributed by atoms with Gasteiger partial charge in [-0.15, -0.1) is 0 Å². The molecule has 1 aliphatic heterocycles. The molecule has 2 aromatic rings. The number of likely N-dealkylation sites (tertiary alicyclic amines) is 1. The quantitative estimate of drug-likeness (QED) is 0.690. The summed E-state index contributed by atoms with van der Waals surface area (Å²) in [6.45, 7) is 1.62. The highest BCUT2D eigenvalue weighted by Gasteiger charge is 2.44. The van der Waals surface area contributed by atoms with Crippen LogP contribution in [0.4, 0.5) is 0 Å². The molecule has 0 atom stereocenters. The number of nitrogens with zero attached hydrogens (tertiary/aromatic N) is 4. The van der Waals surface area contributed by atoms with Gasteiger partial charge >= 0.3 is 0 Å². The van der Waals surface area contributed by atoms with E-state index in [4.69, 9.17) is 14.0 Å². The molecule has 1 saturated heterocycles. The van der Waals surface area contributed by atoms with Crippen molar-refractivity contribution in [3.8, 4) is 5.88 Å². The Morgan fingerprint density at radius 3 is 2.70 bits per heavy atom. The largest absolute Gasteiger partial charge is 0.479 e. The van der Waals surface area contributed by atoms with Crippen LogP contribution >= 0.6 is 0 Å². The van der Waals surface area contributed by atoms with Crippen molar-refractivity contribution in [2.45, 2.75) is 18.4 Å². The summed E-state index contributed by atoms with van der Waals surface area (Å²) in [5.41, 5.74) is -0.840. The molecule has 0 radical (unpaired) electrons. The lowest BCUT2D eigenvalue weighted by molar-refractivity contribution is -0.133. The molecule has 27 heavy (non-hydrogen) atoms. The average Bonchev–Trinajstić information content (AvgIpc) is 3.39. The van der Waals surface area contributed by atoms with E-state index in [2.05, 4.69) is 15.6 Å². The van der Waals surface area contributed by atoms with Gasteiger partial charge in [0.25, 0.3) is 11.8 Å². The van der Waals surface area contributed by atoms with Gasteiger partial charge in [-0.05, 0) is 24.1 Å². The van der Waals surface area contributed by atoms with Gasteiger partial charge in [-0.3, -0.25) is 14.3 Å². The normalized spacial score (nSPS) is 16.1. The lowest BCUT2D eigenvalue weighted by Gasteiger charge is -2.40. The summed E-state index contributed by atoms with van der Waals surface area (Å²) in [4.78, 5) is 27.2. The molecular formula is C17H23N5O5. The molecule has 1 fully saturated rings. The lowest BCUT2D eigenvalue weighted by Crippen LogP contribution is -2.56. The Balaban J connectivity index is 1.72. The van der Waals surface area contributed by atoms with Gasteiger partial charge in [0.1, 0.15) is 5.54 Å². The minimum absolute atomic E-state index is 0.114. The van der Waals surface area contributed by atoms with Crippen LogP contribution in [-0.4, -0.2) is 72.1 Å². The van der Waals surface area contributed by atoms with Crippen LogP contribution in [0.3, 0.4) is 0 Å². The number of nitrogens with one attached hydrogen (secondary N) is 1. The van der Waals surface area contributed by atoms with Gasteiger partial charge in [-0.1, -0.05) is 0 Å². The molecule has 0 aromatic carbocycles. The maximum atomic E-state index is 12.9. The number of hydrogen-bond donors (Lipinski definition) is 1. The number of carbonyl (C=O) groups excluding carboxylic acids is 2. The summed E-state index contributed by atoms with van der Waals surface area (Å²) in [7, 11) is 3.03. The van der Waals surface area contributed by atoms with Gasteiger partial charge in [-0.2, -0.15) is 5.10 Å². The zero-order valence-corrected chi connectivity index (χ0v) is 15.4. The number of rotatable bonds is 7. The Bertz CT molecular complexity index is 765. The molecule has 0 bridgehead atoms. The second kappa shape index (κ2) is 8.21. The zero-order chi connectivity index (χ0) is 19.3. The Labute approximate surface area is 156 Å². The SMILES string of the molecule is COCCNC(=O)C1(n2cccn2)CCN(C(=O)c2cc(OC)no2)CC1. The molecule has 3 rings (SSSR count). The molecule has 0 unspecified atom stereocenters. The highest BCUT2D eigenvalue weighted by molar-refractivity contribution is 5.92. The zero-order valence-electron chi connectivity index (χ0n) is 15.4. The summed E-state index contributed by atoms with van der Waals surface area (Å²) in [6, 6.07) is 3.23. The highest BCUT2D eigenvalue weighted by atomic mass is 16.5. The van der Waals surface area contributed by atoms with Gasteiger partial charge < -0.3 is 24.2 Å². The molecule has 10 heteroatoms. The second-order valence-corrected chi connectivity index (χ2v) is 6.26. The van der Waals surface area contributed by atoms with Crippen LogP contribution in [0.5, 0.6) is 5.88 Å². The van der Waals surface area contributed by atoms with E-state index in [1.165, 1.54) is 13.2 Å². The fourth-order valence-corrected chi connectivity index (χ4v) is 3.20. The Hall–Kier alpha value is -2.88. The first-order valence-corrected chi connectivity index (χ1v) is 8.68. The van der Waals surface area contributed by atoms with E-state index in [1.54, 1.807) is 35.2 Å². The number of aromatic nitrogens is 3. The third-order valence-electron chi connectivity index (χ3n) is 4.74. The number of carbonyl (C=O) groups is 2. The van der Waals surface area contributed by atoms with E-state index in [9.17, 15) is 9.59 Å². The lowest BCUT2D eigenvalue weighted by atomic mass is 9.86. The molecular weight excluding hydrogens is 354 g/mol. The standard InChI is InChI=1S/C17H23N5O5/c1-25-11-7-18-16(24)17(22-8-3-6-19-22)4-9-21(10-5-17)15(23)13-12-14(26-2)20-27-13/h3,6,8,12H,4-5,7,9-11H2,1-2H3,(H,18,24). The molecule has 1 N–H and O–H groups in total. The number of hydrogen-bond acceptors (Lipinski definition) is 7. The molecule has 3 heterocycles. The van der Waals surface area contributed by atoms with E-state index in [-0.39, 0.29) is 23.5 Å². The maximum absolute atomic E-state index is 12.9. The summed E-state index contributed by atoms with van der Waals surface area (Å²) >= 11 is 0. The van der Waals surface area contributed by atoms with Crippen LogP contribution in [0, 0.1) is 0 Å². The maximum Gasteiger partial charge on any atom is 0.292 e. The van der Waals surface area contributed by atoms with E-state index < -0.39 is 5.54 Å². The third kappa shape index (κ3) is 3.80. The van der Waals surface area contributed by atoms with Crippen molar-refractivity contribution in [1.29, 1.82) is 0 Å². The van der Waals surface area contributed by atoms with Crippen LogP contribution in [0.2, 0.25) is 0 Å². The van der Waals surface area contributed by atoms with Crippen molar-refractivity contribution in [2.75, 3.05) is 40.5 Å². The molecule has 0 spiro atoms. The van der Waals surface area contributed by atoms with Crippen molar-refractivity contribution < 1.29 is 23.6 Å². The molecule has 1 aliphatic rings. The van der Waals surface area contributed by atoms with Crippen molar-refractivity contribution in [3.05, 3.63) is 30.3 Å². The van der Waals surface area contributed by atoms with E-state index in [1.807, 2.05) is 0 Å². The average molecular weight is 377 g/mol. The summed E-state index contributed by atoms with van der Waals surface area (Å²) in [5, 5.41) is 10.8. The first-order chi connectivity index (χ1) is 13.1. The Morgan fingerprint density at radius 2 is 2.11 bits per heavy atom. The number of methoxy groups -OCH3 is 2. The third-order valence-corrected chi connectivity index (χ3v) is 4.74. The van der Waals surface area contributed by atoms with Crippen molar-refractivity contribution >= 4 is 11.8 Å². The highest BCUT2D eigenvalue weighted by Crippen LogP contribution is 2.31. The molecule has 0 saturated carbocycles. The van der Waals surface area contributed by atoms with Crippen molar-refractivity contribution in [2.24, 2.45) is 0 Å². The topological polar surface area (TPSA) is 112 Å². The monoisotopic (exact) mass is 377 g/mol. The Morgan fingerprint density at radius 1 is 1.33 bits per heavy atom. The number of ether oxygens (including phenoxy) is 2. The first kappa shape index (κ1) is 18.9. The van der Waals surface area contributed by atoms with E-state index >= 15 is 0 Å². The minimum atomic E-state index is -0.840. The smallest absolute Gasteiger partial charge is 0.292 e. The fourth-order valence-electron chi connectivity index (χ4n) is 3.20. The van der Waals surface area contributed by atoms with Gasteiger partial charge in [0.2, 0.25) is 11.7 Å². The van der Waals surface area contributed by atoms with Crippen LogP contribution in [0.15, 0.2) is 29.0 Å². The molecule has 2 aromatic heterocycles. The van der Waals surface area contributed by atoms with E-state index in [0.29, 0.717) is 39.1 Å².